The van der Waals surface area contributed by atoms with Crippen LogP contribution in [0.25, 0.3) is 0 Å². The van der Waals surface area contributed by atoms with Gasteiger partial charge in [-0.1, -0.05) is 60.7 Å². The third-order valence-corrected chi connectivity index (χ3v) is 4.67. The van der Waals surface area contributed by atoms with Crippen LogP contribution in [-0.4, -0.2) is 25.5 Å². The Kier molecular flexibility index (Phi) is 4.40. The standard InChI is InChI=1S/C20H25N/c1-21(2)14-13-18-15-19(18)20(16-9-5-3-6-10-16)17-11-7-4-8-12-17/h3-12,18-20H,13-15H2,1-2H3/t18-,19+/m1/s1. The van der Waals surface area contributed by atoms with E-state index in [-0.39, 0.29) is 0 Å². The molecule has 2 atom stereocenters. The lowest BCUT2D eigenvalue weighted by molar-refractivity contribution is 0.381. The van der Waals surface area contributed by atoms with Crippen molar-refractivity contribution in [2.45, 2.75) is 18.8 Å². The van der Waals surface area contributed by atoms with Gasteiger partial charge in [-0.15, -0.1) is 0 Å². The highest BCUT2D eigenvalue weighted by molar-refractivity contribution is 5.35. The summed E-state index contributed by atoms with van der Waals surface area (Å²) in [5.41, 5.74) is 2.95. The lowest BCUT2D eigenvalue weighted by Gasteiger charge is -2.19. The van der Waals surface area contributed by atoms with E-state index in [1.54, 1.807) is 0 Å². The smallest absolute Gasteiger partial charge is 0.0120 e. The highest BCUT2D eigenvalue weighted by Gasteiger charge is 2.43. The van der Waals surface area contributed by atoms with Crippen molar-refractivity contribution < 1.29 is 0 Å². The topological polar surface area (TPSA) is 3.24 Å². The Hall–Kier alpha value is -1.60. The largest absolute Gasteiger partial charge is 0.309 e. The van der Waals surface area contributed by atoms with Crippen molar-refractivity contribution >= 4 is 0 Å². The van der Waals surface area contributed by atoms with Crippen LogP contribution in [0.1, 0.15) is 29.9 Å². The molecule has 1 saturated carbocycles. The third-order valence-electron chi connectivity index (χ3n) is 4.67. The van der Waals surface area contributed by atoms with Crippen LogP contribution in [0.4, 0.5) is 0 Å². The van der Waals surface area contributed by atoms with Gasteiger partial charge in [-0.2, -0.15) is 0 Å². The minimum atomic E-state index is 0.569. The fourth-order valence-electron chi connectivity index (χ4n) is 3.44. The van der Waals surface area contributed by atoms with Crippen molar-refractivity contribution in [3.05, 3.63) is 71.8 Å². The van der Waals surface area contributed by atoms with Gasteiger partial charge >= 0.3 is 0 Å². The molecule has 2 aromatic rings. The molecule has 0 aliphatic heterocycles. The van der Waals surface area contributed by atoms with Crippen molar-refractivity contribution in [3.8, 4) is 0 Å². The van der Waals surface area contributed by atoms with Gasteiger partial charge in [0.2, 0.25) is 0 Å². The van der Waals surface area contributed by atoms with Crippen molar-refractivity contribution in [1.82, 2.24) is 4.90 Å². The van der Waals surface area contributed by atoms with E-state index in [0.717, 1.165) is 11.8 Å². The molecular weight excluding hydrogens is 254 g/mol. The van der Waals surface area contributed by atoms with Crippen molar-refractivity contribution in [3.63, 3.8) is 0 Å². The second-order valence-electron chi connectivity index (χ2n) is 6.55. The Labute approximate surface area is 128 Å². The Morgan fingerprint density at radius 1 is 0.905 bits per heavy atom. The van der Waals surface area contributed by atoms with E-state index in [9.17, 15) is 0 Å². The SMILES string of the molecule is CN(C)CC[C@@H]1C[C@@H]1C(c1ccccc1)c1ccccc1. The first-order chi connectivity index (χ1) is 10.3. The molecule has 0 amide bonds. The van der Waals surface area contributed by atoms with Gasteiger partial charge in [-0.3, -0.25) is 0 Å². The maximum Gasteiger partial charge on any atom is 0.0120 e. The molecule has 0 radical (unpaired) electrons. The van der Waals surface area contributed by atoms with Crippen LogP contribution < -0.4 is 0 Å². The molecule has 2 aromatic carbocycles. The molecule has 1 aliphatic carbocycles. The number of nitrogens with zero attached hydrogens (tertiary/aromatic N) is 1. The van der Waals surface area contributed by atoms with Gasteiger partial charge in [0.15, 0.2) is 0 Å². The Morgan fingerprint density at radius 2 is 1.43 bits per heavy atom. The summed E-state index contributed by atoms with van der Waals surface area (Å²) < 4.78 is 0. The first kappa shape index (κ1) is 14.3. The van der Waals surface area contributed by atoms with Gasteiger partial charge in [-0.25, -0.2) is 0 Å². The third kappa shape index (κ3) is 3.54. The lowest BCUT2D eigenvalue weighted by Crippen LogP contribution is -2.14. The molecule has 0 bridgehead atoms. The molecule has 0 saturated heterocycles. The van der Waals surface area contributed by atoms with Gasteiger partial charge < -0.3 is 4.90 Å². The van der Waals surface area contributed by atoms with Crippen molar-refractivity contribution in [1.29, 1.82) is 0 Å². The molecule has 1 heteroatoms. The summed E-state index contributed by atoms with van der Waals surface area (Å²) in [6.07, 6.45) is 2.70. The highest BCUT2D eigenvalue weighted by Crippen LogP contribution is 2.52. The molecule has 1 aliphatic rings. The summed E-state index contributed by atoms with van der Waals surface area (Å²) in [6, 6.07) is 22.1. The minimum absolute atomic E-state index is 0.569. The molecule has 21 heavy (non-hydrogen) atoms. The van der Waals surface area contributed by atoms with E-state index in [4.69, 9.17) is 0 Å². The summed E-state index contributed by atoms with van der Waals surface area (Å²) in [6.45, 7) is 1.21. The molecule has 0 N–H and O–H groups in total. The van der Waals surface area contributed by atoms with Crippen LogP contribution in [0.3, 0.4) is 0 Å². The predicted molar refractivity (Wildman–Crippen MR) is 89.5 cm³/mol. The molecular formula is C20H25N. The minimum Gasteiger partial charge on any atom is -0.309 e. The molecule has 0 spiro atoms. The Bertz CT molecular complexity index is 507. The second-order valence-corrected chi connectivity index (χ2v) is 6.55. The van der Waals surface area contributed by atoms with Crippen LogP contribution in [-0.2, 0) is 0 Å². The van der Waals surface area contributed by atoms with Crippen LogP contribution in [0.2, 0.25) is 0 Å². The molecule has 3 rings (SSSR count). The predicted octanol–water partition coefficient (Wildman–Crippen LogP) is 4.41. The van der Waals surface area contributed by atoms with E-state index in [1.165, 1.54) is 30.5 Å². The molecule has 0 aromatic heterocycles. The van der Waals surface area contributed by atoms with Gasteiger partial charge in [0, 0.05) is 5.92 Å². The van der Waals surface area contributed by atoms with Crippen LogP contribution in [0, 0.1) is 11.8 Å². The number of hydrogen-bond donors (Lipinski definition) is 0. The number of benzene rings is 2. The zero-order valence-corrected chi connectivity index (χ0v) is 13.1. The summed E-state index contributed by atoms with van der Waals surface area (Å²) in [5, 5.41) is 0. The van der Waals surface area contributed by atoms with Crippen LogP contribution >= 0.6 is 0 Å². The first-order valence-electron chi connectivity index (χ1n) is 8.00. The average Bonchev–Trinajstić information content (AvgIpc) is 3.27. The summed E-state index contributed by atoms with van der Waals surface area (Å²) in [5.74, 6) is 2.27. The highest BCUT2D eigenvalue weighted by atomic mass is 15.0. The molecule has 1 nitrogen and oxygen atoms in total. The number of hydrogen-bond acceptors (Lipinski definition) is 1. The van der Waals surface area contributed by atoms with Crippen LogP contribution in [0.15, 0.2) is 60.7 Å². The fraction of sp³-hybridized carbons (Fsp3) is 0.400. The van der Waals surface area contributed by atoms with E-state index < -0.39 is 0 Å². The van der Waals surface area contributed by atoms with E-state index >= 15 is 0 Å². The Morgan fingerprint density at radius 3 is 1.90 bits per heavy atom. The lowest BCUT2D eigenvalue weighted by atomic mass is 9.86. The normalized spacial score (nSPS) is 21.0. The fourth-order valence-corrected chi connectivity index (χ4v) is 3.44. The maximum absolute atomic E-state index is 2.30. The zero-order chi connectivity index (χ0) is 14.7. The molecule has 0 heterocycles. The molecule has 0 unspecified atom stereocenters. The average molecular weight is 279 g/mol. The van der Waals surface area contributed by atoms with Crippen LogP contribution in [0.5, 0.6) is 0 Å². The summed E-state index contributed by atoms with van der Waals surface area (Å²) >= 11 is 0. The van der Waals surface area contributed by atoms with Gasteiger partial charge in [0.25, 0.3) is 0 Å². The Balaban J connectivity index is 1.79. The van der Waals surface area contributed by atoms with E-state index in [0.29, 0.717) is 5.92 Å². The van der Waals surface area contributed by atoms with Crippen molar-refractivity contribution in [2.24, 2.45) is 11.8 Å². The van der Waals surface area contributed by atoms with Gasteiger partial charge in [0.1, 0.15) is 0 Å². The molecule has 1 fully saturated rings. The van der Waals surface area contributed by atoms with E-state index in [1.807, 2.05) is 0 Å². The summed E-state index contributed by atoms with van der Waals surface area (Å²) in [7, 11) is 4.34. The van der Waals surface area contributed by atoms with Gasteiger partial charge in [0.05, 0.1) is 0 Å². The maximum atomic E-state index is 2.30. The van der Waals surface area contributed by atoms with Gasteiger partial charge in [-0.05, 0) is 56.4 Å². The monoisotopic (exact) mass is 279 g/mol. The molecule has 110 valence electrons. The quantitative estimate of drug-likeness (QED) is 0.757. The van der Waals surface area contributed by atoms with E-state index in [2.05, 4.69) is 79.7 Å². The van der Waals surface area contributed by atoms with Crippen molar-refractivity contribution in [2.75, 3.05) is 20.6 Å². The second kappa shape index (κ2) is 6.44. The summed E-state index contributed by atoms with van der Waals surface area (Å²) in [4.78, 5) is 2.30. The number of rotatable bonds is 6. The first-order valence-corrected chi connectivity index (χ1v) is 8.00. The zero-order valence-electron chi connectivity index (χ0n) is 13.1.